The minimum Gasteiger partial charge on any atom is -0.469 e. The first-order valence-corrected chi connectivity index (χ1v) is 8.54. The molecule has 1 amide bonds. The molecule has 1 aromatic heterocycles. The van der Waals surface area contributed by atoms with Crippen molar-refractivity contribution in [1.82, 2.24) is 15.5 Å². The number of aliphatic imine (C=N–C) groups is 1. The molecule has 0 saturated carbocycles. The van der Waals surface area contributed by atoms with Crippen LogP contribution in [0.5, 0.6) is 0 Å². The van der Waals surface area contributed by atoms with Crippen LogP contribution in [0, 0.1) is 5.82 Å². The van der Waals surface area contributed by atoms with E-state index in [1.54, 1.807) is 26.4 Å². The van der Waals surface area contributed by atoms with Crippen molar-refractivity contribution in [3.05, 3.63) is 59.8 Å². The van der Waals surface area contributed by atoms with Crippen LogP contribution in [0.2, 0.25) is 0 Å². The summed E-state index contributed by atoms with van der Waals surface area (Å²) in [7, 11) is 3.39. The van der Waals surface area contributed by atoms with E-state index in [1.165, 1.54) is 17.0 Å². The quantitative estimate of drug-likeness (QED) is 0.557. The summed E-state index contributed by atoms with van der Waals surface area (Å²) in [6.45, 7) is 1.25. The Kier molecular flexibility index (Phi) is 7.67. The van der Waals surface area contributed by atoms with Gasteiger partial charge >= 0.3 is 0 Å². The average Bonchev–Trinajstić information content (AvgIpc) is 3.12. The van der Waals surface area contributed by atoms with E-state index in [-0.39, 0.29) is 18.3 Å². The summed E-state index contributed by atoms with van der Waals surface area (Å²) in [6.07, 6.45) is 2.99. The van der Waals surface area contributed by atoms with E-state index in [2.05, 4.69) is 15.6 Å². The number of hydrogen-bond acceptors (Lipinski definition) is 3. The van der Waals surface area contributed by atoms with E-state index in [9.17, 15) is 9.18 Å². The van der Waals surface area contributed by atoms with Crippen molar-refractivity contribution >= 4 is 11.9 Å². The molecule has 0 aliphatic heterocycles. The smallest absolute Gasteiger partial charge is 0.243 e. The van der Waals surface area contributed by atoms with Crippen LogP contribution < -0.4 is 10.6 Å². The van der Waals surface area contributed by atoms with Crippen molar-refractivity contribution in [2.75, 3.05) is 33.7 Å². The van der Waals surface area contributed by atoms with Crippen molar-refractivity contribution in [3.8, 4) is 0 Å². The van der Waals surface area contributed by atoms with Gasteiger partial charge in [0.25, 0.3) is 0 Å². The highest BCUT2D eigenvalue weighted by Crippen LogP contribution is 2.03. The molecule has 0 radical (unpaired) electrons. The molecular weight excluding hydrogens is 335 g/mol. The zero-order valence-electron chi connectivity index (χ0n) is 15.2. The molecule has 0 atom stereocenters. The molecule has 1 heterocycles. The monoisotopic (exact) mass is 360 g/mol. The van der Waals surface area contributed by atoms with E-state index in [4.69, 9.17) is 4.42 Å². The van der Waals surface area contributed by atoms with Gasteiger partial charge in [-0.3, -0.25) is 4.79 Å². The Balaban J connectivity index is 1.86. The number of hydrogen-bond donors (Lipinski definition) is 2. The summed E-state index contributed by atoms with van der Waals surface area (Å²) < 4.78 is 18.5. The molecule has 2 rings (SSSR count). The third-order valence-electron chi connectivity index (χ3n) is 3.71. The summed E-state index contributed by atoms with van der Waals surface area (Å²) >= 11 is 0. The summed E-state index contributed by atoms with van der Waals surface area (Å²) in [5, 5.41) is 6.36. The molecule has 0 aliphatic carbocycles. The lowest BCUT2D eigenvalue weighted by Gasteiger charge is -2.13. The zero-order chi connectivity index (χ0) is 18.8. The van der Waals surface area contributed by atoms with E-state index in [1.807, 2.05) is 18.2 Å². The highest BCUT2D eigenvalue weighted by molar-refractivity contribution is 5.84. The minimum absolute atomic E-state index is 0.0586. The second-order valence-corrected chi connectivity index (χ2v) is 6.02. The second-order valence-electron chi connectivity index (χ2n) is 6.02. The van der Waals surface area contributed by atoms with Crippen LogP contribution in [0.15, 0.2) is 52.1 Å². The van der Waals surface area contributed by atoms with Crippen LogP contribution in [-0.2, 0) is 17.6 Å². The van der Waals surface area contributed by atoms with E-state index in [0.717, 1.165) is 11.3 Å². The molecule has 0 unspecified atom stereocenters. The Morgan fingerprint density at radius 2 is 1.92 bits per heavy atom. The predicted octanol–water partition coefficient (Wildman–Crippen LogP) is 1.83. The molecule has 1 aromatic carbocycles. The lowest BCUT2D eigenvalue weighted by Crippen LogP contribution is -2.40. The number of furan rings is 1. The molecule has 0 saturated heterocycles. The third kappa shape index (κ3) is 6.96. The number of guanidine groups is 1. The largest absolute Gasteiger partial charge is 0.469 e. The fraction of sp³-hybridized carbons (Fsp3) is 0.368. The molecule has 2 N–H and O–H groups in total. The molecule has 26 heavy (non-hydrogen) atoms. The second kappa shape index (κ2) is 10.2. The van der Waals surface area contributed by atoms with Gasteiger partial charge in [0.05, 0.1) is 6.26 Å². The first-order valence-electron chi connectivity index (χ1n) is 8.54. The van der Waals surface area contributed by atoms with Crippen LogP contribution in [0.25, 0.3) is 0 Å². The molecule has 140 valence electrons. The Hall–Kier alpha value is -2.83. The number of likely N-dealkylation sites (N-methyl/N-ethyl adjacent to an activating group) is 1. The van der Waals surface area contributed by atoms with Crippen molar-refractivity contribution in [3.63, 3.8) is 0 Å². The first kappa shape index (κ1) is 19.5. The molecule has 0 bridgehead atoms. The van der Waals surface area contributed by atoms with Crippen LogP contribution in [0.1, 0.15) is 11.3 Å². The van der Waals surface area contributed by atoms with Crippen molar-refractivity contribution in [2.24, 2.45) is 4.99 Å². The normalized spacial score (nSPS) is 11.3. The fourth-order valence-electron chi connectivity index (χ4n) is 2.24. The lowest BCUT2D eigenvalue weighted by atomic mass is 10.1. The van der Waals surface area contributed by atoms with Gasteiger partial charge in [-0.05, 0) is 36.2 Å². The van der Waals surface area contributed by atoms with Gasteiger partial charge in [0.2, 0.25) is 5.91 Å². The van der Waals surface area contributed by atoms with E-state index >= 15 is 0 Å². The average molecular weight is 360 g/mol. The Morgan fingerprint density at radius 3 is 2.58 bits per heavy atom. The van der Waals surface area contributed by atoms with Crippen molar-refractivity contribution in [2.45, 2.75) is 12.8 Å². The molecule has 0 aliphatic rings. The van der Waals surface area contributed by atoms with Crippen LogP contribution in [-0.4, -0.2) is 50.5 Å². The van der Waals surface area contributed by atoms with Gasteiger partial charge in [0, 0.05) is 33.6 Å². The maximum absolute atomic E-state index is 13.2. The first-order chi connectivity index (χ1) is 12.5. The number of carbonyl (C=O) groups is 1. The zero-order valence-corrected chi connectivity index (χ0v) is 15.2. The van der Waals surface area contributed by atoms with Gasteiger partial charge < -0.3 is 20.0 Å². The van der Waals surface area contributed by atoms with Crippen LogP contribution >= 0.6 is 0 Å². The molecular formula is C19H25FN4O2. The topological polar surface area (TPSA) is 69.9 Å². The lowest BCUT2D eigenvalue weighted by molar-refractivity contribution is -0.127. The van der Waals surface area contributed by atoms with Crippen LogP contribution in [0.3, 0.4) is 0 Å². The highest BCUT2D eigenvalue weighted by Gasteiger charge is 2.05. The molecule has 2 aromatic rings. The van der Waals surface area contributed by atoms with Gasteiger partial charge in [-0.15, -0.1) is 0 Å². The van der Waals surface area contributed by atoms with Crippen molar-refractivity contribution < 1.29 is 13.6 Å². The number of nitrogens with zero attached hydrogens (tertiary/aromatic N) is 2. The third-order valence-corrected chi connectivity index (χ3v) is 3.71. The standard InChI is InChI=1S/C19H25FN4O2/c1-24(2)18(25)14-23-19(22-11-9-17-7-4-12-26-17)21-10-8-15-5-3-6-16(20)13-15/h3-7,12-13H,8-11,14H2,1-2H3,(H2,21,22,23). The number of carbonyl (C=O) groups excluding carboxylic acids is 1. The van der Waals surface area contributed by atoms with E-state index < -0.39 is 0 Å². The highest BCUT2D eigenvalue weighted by atomic mass is 19.1. The number of benzene rings is 1. The van der Waals surface area contributed by atoms with Gasteiger partial charge in [-0.25, -0.2) is 9.38 Å². The Morgan fingerprint density at radius 1 is 1.15 bits per heavy atom. The van der Waals surface area contributed by atoms with Crippen molar-refractivity contribution in [1.29, 1.82) is 0 Å². The van der Waals surface area contributed by atoms with Gasteiger partial charge in [0.15, 0.2) is 5.96 Å². The maximum Gasteiger partial charge on any atom is 0.243 e. The fourth-order valence-corrected chi connectivity index (χ4v) is 2.24. The molecule has 7 heteroatoms. The van der Waals surface area contributed by atoms with Gasteiger partial charge in [-0.1, -0.05) is 12.1 Å². The SMILES string of the molecule is CN(C)C(=O)CN=C(NCCc1cccc(F)c1)NCCc1ccco1. The number of nitrogens with one attached hydrogen (secondary N) is 2. The minimum atomic E-state index is -0.246. The summed E-state index contributed by atoms with van der Waals surface area (Å²) in [5.41, 5.74) is 0.900. The van der Waals surface area contributed by atoms with Crippen LogP contribution in [0.4, 0.5) is 4.39 Å². The van der Waals surface area contributed by atoms with Gasteiger partial charge in [-0.2, -0.15) is 0 Å². The number of halogens is 1. The Labute approximate surface area is 153 Å². The number of rotatable bonds is 8. The number of amides is 1. The summed E-state index contributed by atoms with van der Waals surface area (Å²) in [5.74, 6) is 1.09. The molecule has 6 nitrogen and oxygen atoms in total. The maximum atomic E-state index is 13.2. The van der Waals surface area contributed by atoms with E-state index in [0.29, 0.717) is 31.9 Å². The molecule has 0 fully saturated rings. The summed E-state index contributed by atoms with van der Waals surface area (Å²) in [4.78, 5) is 17.6. The summed E-state index contributed by atoms with van der Waals surface area (Å²) in [6, 6.07) is 10.3. The predicted molar refractivity (Wildman–Crippen MR) is 99.5 cm³/mol. The van der Waals surface area contributed by atoms with Gasteiger partial charge in [0.1, 0.15) is 18.1 Å². The Bertz CT molecular complexity index is 714. The molecule has 0 spiro atoms.